The fourth-order valence-electron chi connectivity index (χ4n) is 1.72. The first kappa shape index (κ1) is 9.52. The van der Waals surface area contributed by atoms with Gasteiger partial charge in [-0.05, 0) is 18.8 Å². The van der Waals surface area contributed by atoms with E-state index in [1.807, 2.05) is 0 Å². The Balaban J connectivity index is 2.09. The van der Waals surface area contributed by atoms with Gasteiger partial charge in [0, 0.05) is 6.54 Å². The molecular formula is C9H18N2O. The summed E-state index contributed by atoms with van der Waals surface area (Å²) in [4.78, 5) is 10.8. The van der Waals surface area contributed by atoms with E-state index in [0.29, 0.717) is 5.92 Å². The van der Waals surface area contributed by atoms with Crippen LogP contribution in [-0.4, -0.2) is 19.0 Å². The van der Waals surface area contributed by atoms with Crippen molar-refractivity contribution in [2.75, 3.05) is 13.1 Å². The summed E-state index contributed by atoms with van der Waals surface area (Å²) in [5.41, 5.74) is 5.18. The molecule has 3 nitrogen and oxygen atoms in total. The van der Waals surface area contributed by atoms with E-state index < -0.39 is 0 Å². The molecule has 0 unspecified atom stereocenters. The molecule has 1 rings (SSSR count). The second-order valence-corrected chi connectivity index (χ2v) is 3.51. The standard InChI is InChI=1S/C9H18N2O/c10-6-9(12)11-7-8-4-2-1-3-5-8/h8H,1-7,10H2,(H,11,12). The molecule has 0 aromatic rings. The van der Waals surface area contributed by atoms with Gasteiger partial charge in [-0.1, -0.05) is 19.3 Å². The second kappa shape index (κ2) is 5.14. The quantitative estimate of drug-likeness (QED) is 0.653. The minimum atomic E-state index is -0.0272. The number of carbonyl (C=O) groups is 1. The van der Waals surface area contributed by atoms with Gasteiger partial charge in [-0.15, -0.1) is 0 Å². The van der Waals surface area contributed by atoms with Gasteiger partial charge in [-0.3, -0.25) is 4.79 Å². The average molecular weight is 170 g/mol. The van der Waals surface area contributed by atoms with Gasteiger partial charge in [-0.25, -0.2) is 0 Å². The molecule has 1 saturated carbocycles. The number of hydrogen-bond acceptors (Lipinski definition) is 2. The predicted octanol–water partition coefficient (Wildman–Crippen LogP) is 0.642. The molecular weight excluding hydrogens is 152 g/mol. The van der Waals surface area contributed by atoms with Crippen LogP contribution >= 0.6 is 0 Å². The van der Waals surface area contributed by atoms with Crippen LogP contribution in [0.4, 0.5) is 0 Å². The lowest BCUT2D eigenvalue weighted by Gasteiger charge is -2.21. The van der Waals surface area contributed by atoms with Gasteiger partial charge in [0.1, 0.15) is 0 Å². The summed E-state index contributed by atoms with van der Waals surface area (Å²) in [6.07, 6.45) is 6.55. The molecule has 3 N–H and O–H groups in total. The lowest BCUT2D eigenvalue weighted by Crippen LogP contribution is -2.34. The van der Waals surface area contributed by atoms with Crippen molar-refractivity contribution in [3.05, 3.63) is 0 Å². The van der Waals surface area contributed by atoms with E-state index in [4.69, 9.17) is 5.73 Å². The van der Waals surface area contributed by atoms with Crippen LogP contribution in [0.2, 0.25) is 0 Å². The summed E-state index contributed by atoms with van der Waals surface area (Å²) < 4.78 is 0. The molecule has 0 radical (unpaired) electrons. The minimum Gasteiger partial charge on any atom is -0.355 e. The molecule has 0 aromatic carbocycles. The van der Waals surface area contributed by atoms with Crippen molar-refractivity contribution in [1.82, 2.24) is 5.32 Å². The van der Waals surface area contributed by atoms with E-state index in [2.05, 4.69) is 5.32 Å². The third-order valence-electron chi connectivity index (χ3n) is 2.50. The predicted molar refractivity (Wildman–Crippen MR) is 48.6 cm³/mol. The van der Waals surface area contributed by atoms with E-state index in [9.17, 15) is 4.79 Å². The third-order valence-corrected chi connectivity index (χ3v) is 2.50. The number of nitrogens with one attached hydrogen (secondary N) is 1. The lowest BCUT2D eigenvalue weighted by molar-refractivity contribution is -0.119. The van der Waals surface area contributed by atoms with Crippen molar-refractivity contribution >= 4 is 5.91 Å². The monoisotopic (exact) mass is 170 g/mol. The van der Waals surface area contributed by atoms with Gasteiger partial charge in [0.2, 0.25) is 5.91 Å². The Morgan fingerprint density at radius 1 is 1.33 bits per heavy atom. The molecule has 3 heteroatoms. The Morgan fingerprint density at radius 3 is 2.58 bits per heavy atom. The first-order chi connectivity index (χ1) is 5.83. The maximum Gasteiger partial charge on any atom is 0.233 e. The molecule has 1 amide bonds. The smallest absolute Gasteiger partial charge is 0.233 e. The van der Waals surface area contributed by atoms with Crippen LogP contribution in [0.1, 0.15) is 32.1 Å². The van der Waals surface area contributed by atoms with Crippen LogP contribution < -0.4 is 11.1 Å². The van der Waals surface area contributed by atoms with Crippen LogP contribution in [0.3, 0.4) is 0 Å². The molecule has 70 valence electrons. The lowest BCUT2D eigenvalue weighted by atomic mass is 9.89. The van der Waals surface area contributed by atoms with Gasteiger partial charge in [0.05, 0.1) is 6.54 Å². The molecule has 0 heterocycles. The van der Waals surface area contributed by atoms with Gasteiger partial charge < -0.3 is 11.1 Å². The summed E-state index contributed by atoms with van der Waals surface area (Å²) in [5.74, 6) is 0.676. The van der Waals surface area contributed by atoms with Gasteiger partial charge in [0.15, 0.2) is 0 Å². The summed E-state index contributed by atoms with van der Waals surface area (Å²) in [5, 5.41) is 2.84. The maximum atomic E-state index is 10.8. The van der Waals surface area contributed by atoms with E-state index in [1.54, 1.807) is 0 Å². The topological polar surface area (TPSA) is 55.1 Å². The fraction of sp³-hybridized carbons (Fsp3) is 0.889. The molecule has 1 fully saturated rings. The summed E-state index contributed by atoms with van der Waals surface area (Å²) in [7, 11) is 0. The highest BCUT2D eigenvalue weighted by Gasteiger charge is 2.13. The third kappa shape index (κ3) is 3.22. The number of nitrogens with two attached hydrogens (primary N) is 1. The van der Waals surface area contributed by atoms with Gasteiger partial charge in [-0.2, -0.15) is 0 Å². The number of hydrogen-bond donors (Lipinski definition) is 2. The summed E-state index contributed by atoms with van der Waals surface area (Å²) in [6, 6.07) is 0. The molecule has 0 saturated heterocycles. The van der Waals surface area contributed by atoms with E-state index in [0.717, 1.165) is 6.54 Å². The van der Waals surface area contributed by atoms with Crippen molar-refractivity contribution in [2.24, 2.45) is 11.7 Å². The molecule has 0 atom stereocenters. The highest BCUT2D eigenvalue weighted by atomic mass is 16.1. The molecule has 0 aliphatic heterocycles. The van der Waals surface area contributed by atoms with Gasteiger partial charge in [0.25, 0.3) is 0 Å². The van der Waals surface area contributed by atoms with Gasteiger partial charge >= 0.3 is 0 Å². The van der Waals surface area contributed by atoms with Crippen molar-refractivity contribution in [3.63, 3.8) is 0 Å². The number of rotatable bonds is 3. The van der Waals surface area contributed by atoms with E-state index >= 15 is 0 Å². The largest absolute Gasteiger partial charge is 0.355 e. The summed E-state index contributed by atoms with van der Waals surface area (Å²) in [6.45, 7) is 0.947. The van der Waals surface area contributed by atoms with Crippen LogP contribution in [-0.2, 0) is 4.79 Å². The first-order valence-corrected chi connectivity index (χ1v) is 4.79. The van der Waals surface area contributed by atoms with Crippen LogP contribution in [0.15, 0.2) is 0 Å². The Hall–Kier alpha value is -0.570. The van der Waals surface area contributed by atoms with Crippen molar-refractivity contribution in [1.29, 1.82) is 0 Å². The second-order valence-electron chi connectivity index (χ2n) is 3.51. The van der Waals surface area contributed by atoms with E-state index in [1.165, 1.54) is 32.1 Å². The normalized spacial score (nSPS) is 19.1. The van der Waals surface area contributed by atoms with Crippen LogP contribution in [0.5, 0.6) is 0 Å². The molecule has 0 aromatic heterocycles. The highest BCUT2D eigenvalue weighted by Crippen LogP contribution is 2.22. The zero-order valence-electron chi connectivity index (χ0n) is 7.51. The van der Waals surface area contributed by atoms with Crippen molar-refractivity contribution in [2.45, 2.75) is 32.1 Å². The SMILES string of the molecule is NCC(=O)NCC1CCCCC1. The molecule has 1 aliphatic carbocycles. The Morgan fingerprint density at radius 2 is 2.00 bits per heavy atom. The van der Waals surface area contributed by atoms with Crippen molar-refractivity contribution in [3.8, 4) is 0 Å². The zero-order chi connectivity index (χ0) is 8.81. The van der Waals surface area contributed by atoms with E-state index in [-0.39, 0.29) is 12.5 Å². The Bertz CT molecular complexity index is 141. The molecule has 12 heavy (non-hydrogen) atoms. The Labute approximate surface area is 73.7 Å². The number of carbonyl (C=O) groups excluding carboxylic acids is 1. The molecule has 0 spiro atoms. The first-order valence-electron chi connectivity index (χ1n) is 4.79. The highest BCUT2D eigenvalue weighted by molar-refractivity contribution is 5.77. The maximum absolute atomic E-state index is 10.8. The Kier molecular flexibility index (Phi) is 4.08. The minimum absolute atomic E-state index is 0.0272. The number of amides is 1. The average Bonchev–Trinajstić information content (AvgIpc) is 2.16. The molecule has 1 aliphatic rings. The van der Waals surface area contributed by atoms with Crippen molar-refractivity contribution < 1.29 is 4.79 Å². The zero-order valence-corrected chi connectivity index (χ0v) is 7.51. The van der Waals surface area contributed by atoms with Crippen LogP contribution in [0.25, 0.3) is 0 Å². The summed E-state index contributed by atoms with van der Waals surface area (Å²) >= 11 is 0. The molecule has 0 bridgehead atoms. The fourth-order valence-corrected chi connectivity index (χ4v) is 1.72. The van der Waals surface area contributed by atoms with Crippen LogP contribution in [0, 0.1) is 5.92 Å².